The highest BCUT2D eigenvalue weighted by Crippen LogP contribution is 2.16. The quantitative estimate of drug-likeness (QED) is 0.855. The molecule has 2 saturated heterocycles. The highest BCUT2D eigenvalue weighted by atomic mass is 16.5. The number of nitrogens with zero attached hydrogens (tertiary/aromatic N) is 5. The minimum atomic E-state index is -0.0572. The molecule has 0 spiro atoms. The van der Waals surface area contributed by atoms with E-state index in [2.05, 4.69) is 25.2 Å². The van der Waals surface area contributed by atoms with Crippen molar-refractivity contribution in [2.45, 2.75) is 18.9 Å². The van der Waals surface area contributed by atoms with Crippen LogP contribution in [0.4, 0.5) is 11.6 Å². The highest BCUT2D eigenvalue weighted by molar-refractivity contribution is 5.93. The number of hydrogen-bond acceptors (Lipinski definition) is 7. The number of amides is 1. The number of nitrogens with one attached hydrogen (secondary N) is 1. The van der Waals surface area contributed by atoms with Gasteiger partial charge in [-0.2, -0.15) is 0 Å². The molecule has 0 aromatic carbocycles. The number of piperazine rings is 1. The number of carbonyl (C=O) groups excluding carboxylic acids is 1. The van der Waals surface area contributed by atoms with Crippen LogP contribution in [0.25, 0.3) is 0 Å². The van der Waals surface area contributed by atoms with Crippen molar-refractivity contribution in [3.63, 3.8) is 0 Å². The summed E-state index contributed by atoms with van der Waals surface area (Å²) in [6.07, 6.45) is 5.61. The van der Waals surface area contributed by atoms with Gasteiger partial charge >= 0.3 is 0 Å². The molecule has 27 heavy (non-hydrogen) atoms. The smallest absolute Gasteiger partial charge is 0.272 e. The van der Waals surface area contributed by atoms with E-state index in [0.29, 0.717) is 31.1 Å². The van der Waals surface area contributed by atoms with Crippen molar-refractivity contribution < 1.29 is 9.53 Å². The highest BCUT2D eigenvalue weighted by Gasteiger charge is 2.24. The number of ether oxygens (including phenoxy) is 1. The van der Waals surface area contributed by atoms with Crippen LogP contribution in [0, 0.1) is 0 Å². The maximum atomic E-state index is 12.8. The van der Waals surface area contributed by atoms with E-state index in [1.807, 2.05) is 23.1 Å². The Morgan fingerprint density at radius 2 is 2.07 bits per heavy atom. The first kappa shape index (κ1) is 17.7. The van der Waals surface area contributed by atoms with E-state index < -0.39 is 0 Å². The Kier molecular flexibility index (Phi) is 5.43. The largest absolute Gasteiger partial charge is 0.376 e. The number of rotatable bonds is 5. The summed E-state index contributed by atoms with van der Waals surface area (Å²) in [7, 11) is 0. The fourth-order valence-corrected chi connectivity index (χ4v) is 3.44. The average molecular weight is 368 g/mol. The molecule has 2 aliphatic heterocycles. The van der Waals surface area contributed by atoms with Crippen LogP contribution in [0.1, 0.15) is 23.3 Å². The molecule has 0 saturated carbocycles. The fraction of sp³-hybridized carbons (Fsp3) is 0.474. The topological polar surface area (TPSA) is 83.5 Å². The van der Waals surface area contributed by atoms with Crippen LogP contribution < -0.4 is 10.2 Å². The van der Waals surface area contributed by atoms with E-state index in [0.717, 1.165) is 38.4 Å². The lowest BCUT2D eigenvalue weighted by Crippen LogP contribution is -2.49. The van der Waals surface area contributed by atoms with Crippen molar-refractivity contribution in [3.05, 3.63) is 42.5 Å². The van der Waals surface area contributed by atoms with Crippen LogP contribution in [0.15, 0.2) is 36.8 Å². The molecule has 4 heterocycles. The first-order valence-corrected chi connectivity index (χ1v) is 9.42. The summed E-state index contributed by atoms with van der Waals surface area (Å²) in [5.74, 6) is 1.56. The Bertz CT molecular complexity index is 758. The summed E-state index contributed by atoms with van der Waals surface area (Å²) in [6.45, 7) is 4.35. The number of hydrogen-bond donors (Lipinski definition) is 1. The molecule has 4 rings (SSSR count). The van der Waals surface area contributed by atoms with Gasteiger partial charge in [0.25, 0.3) is 5.91 Å². The molecular weight excluding hydrogens is 344 g/mol. The van der Waals surface area contributed by atoms with E-state index in [1.165, 1.54) is 6.33 Å². The summed E-state index contributed by atoms with van der Waals surface area (Å²) in [5.41, 5.74) is 0.422. The maximum absolute atomic E-state index is 12.8. The second-order valence-corrected chi connectivity index (χ2v) is 6.77. The van der Waals surface area contributed by atoms with Gasteiger partial charge in [0.2, 0.25) is 0 Å². The van der Waals surface area contributed by atoms with E-state index >= 15 is 0 Å². The van der Waals surface area contributed by atoms with Gasteiger partial charge < -0.3 is 19.9 Å². The lowest BCUT2D eigenvalue weighted by molar-refractivity contribution is 0.0740. The van der Waals surface area contributed by atoms with Crippen LogP contribution in [-0.4, -0.2) is 71.2 Å². The normalized spacial score (nSPS) is 19.9. The minimum absolute atomic E-state index is 0.0572. The van der Waals surface area contributed by atoms with Gasteiger partial charge in [0.15, 0.2) is 0 Å². The van der Waals surface area contributed by atoms with Gasteiger partial charge in [0.1, 0.15) is 23.7 Å². The lowest BCUT2D eigenvalue weighted by Gasteiger charge is -2.35. The zero-order chi connectivity index (χ0) is 18.5. The molecule has 1 N–H and O–H groups in total. The number of pyridine rings is 1. The van der Waals surface area contributed by atoms with E-state index in [-0.39, 0.29) is 12.0 Å². The van der Waals surface area contributed by atoms with Gasteiger partial charge in [-0.1, -0.05) is 6.07 Å². The van der Waals surface area contributed by atoms with Crippen molar-refractivity contribution in [2.24, 2.45) is 0 Å². The molecule has 2 aromatic heterocycles. The molecule has 8 nitrogen and oxygen atoms in total. The average Bonchev–Trinajstić information content (AvgIpc) is 3.26. The second kappa shape index (κ2) is 8.30. The molecule has 0 radical (unpaired) electrons. The second-order valence-electron chi connectivity index (χ2n) is 6.77. The molecule has 1 unspecified atom stereocenters. The molecule has 2 aliphatic rings. The van der Waals surface area contributed by atoms with Gasteiger partial charge in [-0.05, 0) is 25.0 Å². The predicted octanol–water partition coefficient (Wildman–Crippen LogP) is 1.42. The van der Waals surface area contributed by atoms with Gasteiger partial charge in [-0.3, -0.25) is 4.79 Å². The maximum Gasteiger partial charge on any atom is 0.272 e. The monoisotopic (exact) mass is 368 g/mol. The Labute approximate surface area is 158 Å². The van der Waals surface area contributed by atoms with Crippen LogP contribution in [-0.2, 0) is 4.74 Å². The molecule has 0 aliphatic carbocycles. The molecule has 2 aromatic rings. The minimum Gasteiger partial charge on any atom is -0.376 e. The first-order chi connectivity index (χ1) is 13.3. The third-order valence-electron chi connectivity index (χ3n) is 4.96. The molecule has 1 atom stereocenters. The third-order valence-corrected chi connectivity index (χ3v) is 4.96. The van der Waals surface area contributed by atoms with Crippen molar-refractivity contribution in [1.82, 2.24) is 19.9 Å². The van der Waals surface area contributed by atoms with Gasteiger partial charge in [0, 0.05) is 51.6 Å². The van der Waals surface area contributed by atoms with Crippen LogP contribution in [0.5, 0.6) is 0 Å². The summed E-state index contributed by atoms with van der Waals surface area (Å²) in [4.78, 5) is 29.6. The Hall–Kier alpha value is -2.74. The van der Waals surface area contributed by atoms with E-state index in [1.54, 1.807) is 12.3 Å². The zero-order valence-corrected chi connectivity index (χ0v) is 15.3. The standard InChI is InChI=1S/C19H24N6O2/c26-19(25-9-7-24(8-10-25)18-5-1-2-6-20-18)16-12-17(23-14-22-16)21-13-15-4-3-11-27-15/h1-2,5-6,12,14-15H,3-4,7-11,13H2,(H,21,22,23). The van der Waals surface area contributed by atoms with Crippen LogP contribution in [0.2, 0.25) is 0 Å². The summed E-state index contributed by atoms with van der Waals surface area (Å²) in [6, 6.07) is 7.60. The van der Waals surface area contributed by atoms with Crippen molar-refractivity contribution in [1.29, 1.82) is 0 Å². The Morgan fingerprint density at radius 3 is 2.81 bits per heavy atom. The lowest BCUT2D eigenvalue weighted by atomic mass is 10.2. The van der Waals surface area contributed by atoms with E-state index in [9.17, 15) is 4.79 Å². The number of aromatic nitrogens is 3. The first-order valence-electron chi connectivity index (χ1n) is 9.42. The molecule has 0 bridgehead atoms. The third kappa shape index (κ3) is 4.33. The van der Waals surface area contributed by atoms with Gasteiger partial charge in [-0.15, -0.1) is 0 Å². The van der Waals surface area contributed by atoms with Crippen LogP contribution >= 0.6 is 0 Å². The zero-order valence-electron chi connectivity index (χ0n) is 15.3. The fourth-order valence-electron chi connectivity index (χ4n) is 3.44. The van der Waals surface area contributed by atoms with Crippen molar-refractivity contribution in [3.8, 4) is 0 Å². The number of carbonyl (C=O) groups is 1. The molecule has 1 amide bonds. The number of anilines is 2. The molecular formula is C19H24N6O2. The summed E-state index contributed by atoms with van der Waals surface area (Å²) < 4.78 is 5.60. The van der Waals surface area contributed by atoms with Gasteiger partial charge in [0.05, 0.1) is 6.10 Å². The van der Waals surface area contributed by atoms with Crippen molar-refractivity contribution in [2.75, 3.05) is 49.5 Å². The molecule has 2 fully saturated rings. The summed E-state index contributed by atoms with van der Waals surface area (Å²) >= 11 is 0. The Morgan fingerprint density at radius 1 is 1.19 bits per heavy atom. The van der Waals surface area contributed by atoms with Crippen molar-refractivity contribution >= 4 is 17.5 Å². The SMILES string of the molecule is O=C(c1cc(NCC2CCCO2)ncn1)N1CCN(c2ccccn2)CC1. The van der Waals surface area contributed by atoms with E-state index in [4.69, 9.17) is 4.74 Å². The summed E-state index contributed by atoms with van der Waals surface area (Å²) in [5, 5.41) is 3.25. The van der Waals surface area contributed by atoms with Crippen LogP contribution in [0.3, 0.4) is 0 Å². The molecule has 8 heteroatoms. The predicted molar refractivity (Wildman–Crippen MR) is 102 cm³/mol. The Balaban J connectivity index is 1.33. The molecule has 142 valence electrons. The van der Waals surface area contributed by atoms with Gasteiger partial charge in [-0.25, -0.2) is 15.0 Å².